The van der Waals surface area contributed by atoms with Gasteiger partial charge in [0.1, 0.15) is 0 Å². The molecular weight excluding hydrogens is 192 g/mol. The van der Waals surface area contributed by atoms with Crippen molar-refractivity contribution in [3.63, 3.8) is 0 Å². The number of aromatic amines is 1. The zero-order valence-electron chi connectivity index (χ0n) is 8.03. The first kappa shape index (κ1) is 9.34. The monoisotopic (exact) mass is 204 g/mol. The summed E-state index contributed by atoms with van der Waals surface area (Å²) in [5, 5.41) is 6.88. The van der Waals surface area contributed by atoms with E-state index < -0.39 is 0 Å². The Kier molecular flexibility index (Phi) is 2.89. The Morgan fingerprint density at radius 1 is 1.21 bits per heavy atom. The van der Waals surface area contributed by atoms with Crippen molar-refractivity contribution >= 4 is 11.8 Å². The number of nitrogens with one attached hydrogen (secondary N) is 1. The van der Waals surface area contributed by atoms with E-state index in [1.54, 1.807) is 6.20 Å². The summed E-state index contributed by atoms with van der Waals surface area (Å²) in [6.07, 6.45) is 1.77. The summed E-state index contributed by atoms with van der Waals surface area (Å²) in [5.74, 6) is 1.11. The fourth-order valence-electron chi connectivity index (χ4n) is 1.31. The maximum Gasteiger partial charge on any atom is 0.0650 e. The predicted octanol–water partition coefficient (Wildman–Crippen LogP) is 3.19. The second-order valence-electron chi connectivity index (χ2n) is 2.93. The van der Waals surface area contributed by atoms with Gasteiger partial charge >= 0.3 is 0 Å². The molecule has 0 bridgehead atoms. The molecule has 14 heavy (non-hydrogen) atoms. The normalized spacial score (nSPS) is 10.4. The van der Waals surface area contributed by atoms with E-state index in [4.69, 9.17) is 0 Å². The largest absolute Gasteiger partial charge is 0.278 e. The zero-order chi connectivity index (χ0) is 9.80. The lowest BCUT2D eigenvalue weighted by molar-refractivity contribution is 1.09. The summed E-state index contributed by atoms with van der Waals surface area (Å²) in [4.78, 5) is 1.32. The lowest BCUT2D eigenvalue weighted by Gasteiger charge is -2.00. The molecule has 1 aromatic heterocycles. The highest BCUT2D eigenvalue weighted by Gasteiger charge is 1.98. The minimum absolute atomic E-state index is 1.07. The van der Waals surface area contributed by atoms with E-state index in [2.05, 4.69) is 41.4 Å². The van der Waals surface area contributed by atoms with E-state index in [1.807, 2.05) is 17.8 Å². The topological polar surface area (TPSA) is 28.7 Å². The summed E-state index contributed by atoms with van der Waals surface area (Å²) < 4.78 is 0. The van der Waals surface area contributed by atoms with Gasteiger partial charge in [-0.2, -0.15) is 5.10 Å². The zero-order valence-corrected chi connectivity index (χ0v) is 8.84. The fourth-order valence-corrected chi connectivity index (χ4v) is 1.98. The van der Waals surface area contributed by atoms with Crippen molar-refractivity contribution in [1.82, 2.24) is 10.2 Å². The number of hydrogen-bond acceptors (Lipinski definition) is 2. The van der Waals surface area contributed by atoms with Crippen molar-refractivity contribution in [2.75, 3.05) is 5.75 Å². The highest BCUT2D eigenvalue weighted by atomic mass is 32.2. The van der Waals surface area contributed by atoms with Crippen LogP contribution < -0.4 is 0 Å². The van der Waals surface area contributed by atoms with Gasteiger partial charge < -0.3 is 0 Å². The van der Waals surface area contributed by atoms with E-state index >= 15 is 0 Å². The Morgan fingerprint density at radius 3 is 2.57 bits per heavy atom. The van der Waals surface area contributed by atoms with E-state index in [1.165, 1.54) is 10.5 Å². The second kappa shape index (κ2) is 4.33. The molecule has 0 aliphatic carbocycles. The first-order valence-electron chi connectivity index (χ1n) is 4.63. The van der Waals surface area contributed by atoms with Gasteiger partial charge in [0.05, 0.1) is 5.69 Å². The second-order valence-corrected chi connectivity index (χ2v) is 4.27. The highest BCUT2D eigenvalue weighted by molar-refractivity contribution is 7.99. The third-order valence-corrected chi connectivity index (χ3v) is 2.87. The van der Waals surface area contributed by atoms with Crippen molar-refractivity contribution < 1.29 is 0 Å². The molecule has 0 unspecified atom stereocenters. The summed E-state index contributed by atoms with van der Waals surface area (Å²) >= 11 is 1.86. The Labute approximate surface area is 87.7 Å². The average molecular weight is 204 g/mol. The van der Waals surface area contributed by atoms with Crippen molar-refractivity contribution in [3.8, 4) is 11.3 Å². The van der Waals surface area contributed by atoms with Crippen LogP contribution in [-0.2, 0) is 0 Å². The smallest absolute Gasteiger partial charge is 0.0650 e. The quantitative estimate of drug-likeness (QED) is 0.778. The summed E-state index contributed by atoms with van der Waals surface area (Å²) in [6.45, 7) is 2.16. The van der Waals surface area contributed by atoms with Crippen LogP contribution in [0.15, 0.2) is 41.4 Å². The number of aromatic nitrogens is 2. The van der Waals surface area contributed by atoms with E-state index in [-0.39, 0.29) is 0 Å². The highest BCUT2D eigenvalue weighted by Crippen LogP contribution is 2.22. The molecule has 0 saturated carbocycles. The minimum atomic E-state index is 1.07. The van der Waals surface area contributed by atoms with Crippen LogP contribution in [0.2, 0.25) is 0 Å². The maximum atomic E-state index is 3.93. The Morgan fingerprint density at radius 2 is 2.00 bits per heavy atom. The molecule has 3 heteroatoms. The van der Waals surface area contributed by atoms with Crippen molar-refractivity contribution in [2.24, 2.45) is 0 Å². The molecule has 0 saturated heterocycles. The molecule has 0 fully saturated rings. The van der Waals surface area contributed by atoms with Crippen molar-refractivity contribution in [3.05, 3.63) is 36.5 Å². The van der Waals surface area contributed by atoms with Crippen LogP contribution in [0.1, 0.15) is 6.92 Å². The molecule has 2 rings (SSSR count). The average Bonchev–Trinajstić information content (AvgIpc) is 2.72. The van der Waals surface area contributed by atoms with Gasteiger partial charge in [0.15, 0.2) is 0 Å². The molecule has 0 atom stereocenters. The first-order chi connectivity index (χ1) is 6.90. The van der Waals surface area contributed by atoms with Gasteiger partial charge in [-0.1, -0.05) is 19.1 Å². The van der Waals surface area contributed by atoms with E-state index in [0.717, 1.165) is 11.4 Å². The standard InChI is InChI=1S/C11H12N2S/c1-2-14-10-5-3-9(4-6-10)11-7-8-12-13-11/h3-8H,2H2,1H3,(H,12,13). The maximum absolute atomic E-state index is 3.93. The summed E-state index contributed by atoms with van der Waals surface area (Å²) in [7, 11) is 0. The number of nitrogens with zero attached hydrogens (tertiary/aromatic N) is 1. The molecule has 72 valence electrons. The molecule has 0 aliphatic heterocycles. The van der Waals surface area contributed by atoms with E-state index in [0.29, 0.717) is 0 Å². The van der Waals surface area contributed by atoms with Gasteiger partial charge in [-0.05, 0) is 29.5 Å². The summed E-state index contributed by atoms with van der Waals surface area (Å²) in [5.41, 5.74) is 2.25. The molecule has 2 aromatic rings. The van der Waals surface area contributed by atoms with Crippen LogP contribution in [0.25, 0.3) is 11.3 Å². The molecule has 1 heterocycles. The van der Waals surface area contributed by atoms with E-state index in [9.17, 15) is 0 Å². The van der Waals surface area contributed by atoms with Gasteiger partial charge in [0.25, 0.3) is 0 Å². The molecule has 0 radical (unpaired) electrons. The van der Waals surface area contributed by atoms with Gasteiger partial charge in [0, 0.05) is 11.1 Å². The van der Waals surface area contributed by atoms with Crippen LogP contribution in [0.4, 0.5) is 0 Å². The fraction of sp³-hybridized carbons (Fsp3) is 0.182. The van der Waals surface area contributed by atoms with Gasteiger partial charge in [0.2, 0.25) is 0 Å². The van der Waals surface area contributed by atoms with Crippen LogP contribution >= 0.6 is 11.8 Å². The Bertz CT molecular complexity index is 378. The molecule has 1 aromatic carbocycles. The Hall–Kier alpha value is -1.22. The van der Waals surface area contributed by atoms with Crippen LogP contribution in [0, 0.1) is 0 Å². The number of H-pyrrole nitrogens is 1. The van der Waals surface area contributed by atoms with Gasteiger partial charge in [-0.3, -0.25) is 5.10 Å². The van der Waals surface area contributed by atoms with Crippen molar-refractivity contribution in [1.29, 1.82) is 0 Å². The SMILES string of the molecule is CCSc1ccc(-c2ccn[nH]2)cc1. The van der Waals surface area contributed by atoms with Crippen LogP contribution in [-0.4, -0.2) is 16.0 Å². The van der Waals surface area contributed by atoms with Crippen LogP contribution in [0.3, 0.4) is 0 Å². The Balaban J connectivity index is 2.22. The lowest BCUT2D eigenvalue weighted by Crippen LogP contribution is -1.78. The van der Waals surface area contributed by atoms with Gasteiger partial charge in [-0.15, -0.1) is 11.8 Å². The summed E-state index contributed by atoms with van der Waals surface area (Å²) in [6, 6.07) is 10.5. The number of hydrogen-bond donors (Lipinski definition) is 1. The first-order valence-corrected chi connectivity index (χ1v) is 5.61. The number of benzene rings is 1. The van der Waals surface area contributed by atoms with Crippen molar-refractivity contribution in [2.45, 2.75) is 11.8 Å². The van der Waals surface area contributed by atoms with Gasteiger partial charge in [-0.25, -0.2) is 0 Å². The lowest BCUT2D eigenvalue weighted by atomic mass is 10.2. The third-order valence-electron chi connectivity index (χ3n) is 1.98. The molecule has 0 amide bonds. The molecule has 1 N–H and O–H groups in total. The number of rotatable bonds is 3. The number of thioether (sulfide) groups is 1. The minimum Gasteiger partial charge on any atom is -0.278 e. The molecular formula is C11H12N2S. The molecule has 2 nitrogen and oxygen atoms in total. The third kappa shape index (κ3) is 1.99. The van der Waals surface area contributed by atoms with Crippen LogP contribution in [0.5, 0.6) is 0 Å². The molecule has 0 spiro atoms. The predicted molar refractivity (Wildman–Crippen MR) is 60.4 cm³/mol. The molecule has 0 aliphatic rings.